The second-order valence-corrected chi connectivity index (χ2v) is 4.09. The first-order valence-corrected chi connectivity index (χ1v) is 6.24. The van der Waals surface area contributed by atoms with Gasteiger partial charge in [0, 0.05) is 0 Å². The van der Waals surface area contributed by atoms with Crippen LogP contribution in [0.25, 0.3) is 0 Å². The molecule has 5 heteroatoms. The topological polar surface area (TPSA) is 65.1 Å². The van der Waals surface area contributed by atoms with Crippen molar-refractivity contribution in [3.05, 3.63) is 35.9 Å². The van der Waals surface area contributed by atoms with Crippen molar-refractivity contribution < 1.29 is 23.8 Å². The lowest BCUT2D eigenvalue weighted by Crippen LogP contribution is -2.38. The lowest BCUT2D eigenvalue weighted by molar-refractivity contribution is -0.163. The van der Waals surface area contributed by atoms with Gasteiger partial charge in [0.05, 0.1) is 13.2 Å². The first-order valence-electron chi connectivity index (χ1n) is 6.24. The van der Waals surface area contributed by atoms with Crippen molar-refractivity contribution in [2.45, 2.75) is 25.6 Å². The van der Waals surface area contributed by atoms with E-state index in [-0.39, 0.29) is 13.2 Å². The fraction of sp³-hybridized carbons (Fsp3) is 0.429. The molecular weight excluding hydrogens is 248 g/mol. The fourth-order valence-corrected chi connectivity index (χ4v) is 1.95. The standard InChI is InChI=1S/C14H16O5/c1-3-17-12(15)14(13(16)18-4-2)11(19-14)10-8-6-5-7-9-10/h5-9,11H,3-4H2,1-2H3. The molecule has 0 radical (unpaired) electrons. The lowest BCUT2D eigenvalue weighted by atomic mass is 9.99. The van der Waals surface area contributed by atoms with Gasteiger partial charge in [-0.2, -0.15) is 0 Å². The number of esters is 2. The summed E-state index contributed by atoms with van der Waals surface area (Å²) in [5, 5.41) is 0. The summed E-state index contributed by atoms with van der Waals surface area (Å²) in [4.78, 5) is 24.0. The third kappa shape index (κ3) is 2.33. The third-order valence-corrected chi connectivity index (χ3v) is 2.88. The van der Waals surface area contributed by atoms with Gasteiger partial charge in [0.2, 0.25) is 0 Å². The largest absolute Gasteiger partial charge is 0.463 e. The number of hydrogen-bond donors (Lipinski definition) is 0. The van der Waals surface area contributed by atoms with Crippen molar-refractivity contribution >= 4 is 11.9 Å². The summed E-state index contributed by atoms with van der Waals surface area (Å²) < 4.78 is 15.2. The molecule has 0 N–H and O–H groups in total. The van der Waals surface area contributed by atoms with Crippen molar-refractivity contribution in [1.29, 1.82) is 0 Å². The Morgan fingerprint density at radius 1 is 1.11 bits per heavy atom. The van der Waals surface area contributed by atoms with Gasteiger partial charge in [-0.25, -0.2) is 9.59 Å². The van der Waals surface area contributed by atoms with Crippen LogP contribution in [-0.4, -0.2) is 30.8 Å². The average molecular weight is 264 g/mol. The summed E-state index contributed by atoms with van der Waals surface area (Å²) in [6.07, 6.45) is -0.633. The van der Waals surface area contributed by atoms with Crippen LogP contribution in [0.3, 0.4) is 0 Å². The highest BCUT2D eigenvalue weighted by molar-refractivity contribution is 6.07. The van der Waals surface area contributed by atoms with Crippen molar-refractivity contribution in [3.63, 3.8) is 0 Å². The number of carbonyl (C=O) groups is 2. The Balaban J connectivity index is 2.24. The average Bonchev–Trinajstić information content (AvgIpc) is 3.17. The second-order valence-electron chi connectivity index (χ2n) is 4.09. The Labute approximate surface area is 111 Å². The van der Waals surface area contributed by atoms with Crippen LogP contribution in [0.2, 0.25) is 0 Å². The predicted octanol–water partition coefficient (Wildman–Crippen LogP) is 1.62. The molecule has 5 nitrogen and oxygen atoms in total. The fourth-order valence-electron chi connectivity index (χ4n) is 1.95. The van der Waals surface area contributed by atoms with Gasteiger partial charge in [-0.15, -0.1) is 0 Å². The van der Waals surface area contributed by atoms with Crippen LogP contribution in [-0.2, 0) is 23.8 Å². The van der Waals surface area contributed by atoms with Crippen LogP contribution < -0.4 is 0 Å². The molecule has 102 valence electrons. The Morgan fingerprint density at radius 3 is 2.11 bits per heavy atom. The van der Waals surface area contributed by atoms with Crippen LogP contribution >= 0.6 is 0 Å². The zero-order chi connectivity index (χ0) is 13.9. The highest BCUT2D eigenvalue weighted by Gasteiger charge is 2.71. The molecule has 0 aromatic heterocycles. The molecular formula is C14H16O5. The molecule has 1 aliphatic rings. The normalized spacial score (nSPS) is 19.6. The van der Waals surface area contributed by atoms with E-state index in [0.29, 0.717) is 0 Å². The van der Waals surface area contributed by atoms with Crippen molar-refractivity contribution in [3.8, 4) is 0 Å². The molecule has 0 amide bonds. The molecule has 1 heterocycles. The molecule has 1 atom stereocenters. The van der Waals surface area contributed by atoms with Gasteiger partial charge in [0.15, 0.2) is 0 Å². The highest BCUT2D eigenvalue weighted by Crippen LogP contribution is 2.51. The zero-order valence-electron chi connectivity index (χ0n) is 10.9. The van der Waals surface area contributed by atoms with E-state index in [0.717, 1.165) is 5.56 Å². The molecule has 0 spiro atoms. The first kappa shape index (κ1) is 13.5. The summed E-state index contributed by atoms with van der Waals surface area (Å²) in [5.74, 6) is -1.38. The van der Waals surface area contributed by atoms with Crippen molar-refractivity contribution in [1.82, 2.24) is 0 Å². The smallest absolute Gasteiger partial charge is 0.353 e. The number of rotatable bonds is 5. The van der Waals surface area contributed by atoms with E-state index in [1.165, 1.54) is 0 Å². The Bertz CT molecular complexity index is 450. The molecule has 1 unspecified atom stereocenters. The van der Waals surface area contributed by atoms with Crippen molar-refractivity contribution in [2.24, 2.45) is 0 Å². The summed E-state index contributed by atoms with van der Waals surface area (Å²) >= 11 is 0. The van der Waals surface area contributed by atoms with Crippen LogP contribution in [0.15, 0.2) is 30.3 Å². The summed E-state index contributed by atoms with van der Waals surface area (Å²) in [6.45, 7) is 3.73. The Kier molecular flexibility index (Phi) is 3.85. The number of hydrogen-bond acceptors (Lipinski definition) is 5. The quantitative estimate of drug-likeness (QED) is 0.459. The number of epoxide rings is 1. The van der Waals surface area contributed by atoms with E-state index in [4.69, 9.17) is 14.2 Å². The van der Waals surface area contributed by atoms with E-state index in [1.807, 2.05) is 18.2 Å². The van der Waals surface area contributed by atoms with Crippen LogP contribution in [0.1, 0.15) is 25.5 Å². The maximum atomic E-state index is 12.0. The highest BCUT2D eigenvalue weighted by atomic mass is 16.7. The Morgan fingerprint density at radius 2 is 1.63 bits per heavy atom. The van der Waals surface area contributed by atoms with Gasteiger partial charge in [-0.3, -0.25) is 0 Å². The minimum absolute atomic E-state index is 0.185. The number of benzene rings is 1. The summed E-state index contributed by atoms with van der Waals surface area (Å²) in [7, 11) is 0. The number of carbonyl (C=O) groups excluding carboxylic acids is 2. The van der Waals surface area contributed by atoms with Crippen LogP contribution in [0.4, 0.5) is 0 Å². The summed E-state index contributed by atoms with van der Waals surface area (Å²) in [6, 6.07) is 9.08. The van der Waals surface area contributed by atoms with E-state index >= 15 is 0 Å². The molecule has 1 aromatic rings. The van der Waals surface area contributed by atoms with Gasteiger partial charge >= 0.3 is 11.9 Å². The molecule has 0 bridgehead atoms. The summed E-state index contributed by atoms with van der Waals surface area (Å²) in [5.41, 5.74) is -0.878. The second kappa shape index (κ2) is 5.40. The third-order valence-electron chi connectivity index (χ3n) is 2.88. The molecule has 1 aliphatic heterocycles. The SMILES string of the molecule is CCOC(=O)C1(C(=O)OCC)OC1c1ccccc1. The molecule has 0 aliphatic carbocycles. The minimum atomic E-state index is -1.63. The van der Waals surface area contributed by atoms with Gasteiger partial charge in [-0.05, 0) is 19.4 Å². The first-order chi connectivity index (χ1) is 9.16. The minimum Gasteiger partial charge on any atom is -0.463 e. The maximum Gasteiger partial charge on any atom is 0.353 e. The molecule has 19 heavy (non-hydrogen) atoms. The van der Waals surface area contributed by atoms with Gasteiger partial charge < -0.3 is 14.2 Å². The molecule has 2 rings (SSSR count). The van der Waals surface area contributed by atoms with Crippen LogP contribution in [0.5, 0.6) is 0 Å². The molecule has 0 saturated carbocycles. The van der Waals surface area contributed by atoms with Crippen LogP contribution in [0, 0.1) is 0 Å². The predicted molar refractivity (Wildman–Crippen MR) is 66.3 cm³/mol. The van der Waals surface area contributed by atoms with E-state index in [9.17, 15) is 9.59 Å². The lowest BCUT2D eigenvalue weighted by Gasteiger charge is -2.10. The van der Waals surface area contributed by atoms with Gasteiger partial charge in [0.1, 0.15) is 6.10 Å². The maximum absolute atomic E-state index is 12.0. The van der Waals surface area contributed by atoms with Crippen molar-refractivity contribution in [2.75, 3.05) is 13.2 Å². The molecule has 1 aromatic carbocycles. The van der Waals surface area contributed by atoms with Gasteiger partial charge in [-0.1, -0.05) is 30.3 Å². The molecule has 1 fully saturated rings. The van der Waals surface area contributed by atoms with E-state index in [2.05, 4.69) is 0 Å². The van der Waals surface area contributed by atoms with E-state index < -0.39 is 23.6 Å². The Hall–Kier alpha value is -1.88. The number of ether oxygens (including phenoxy) is 3. The molecule has 1 saturated heterocycles. The van der Waals surface area contributed by atoms with Gasteiger partial charge in [0.25, 0.3) is 5.60 Å². The monoisotopic (exact) mass is 264 g/mol. The zero-order valence-corrected chi connectivity index (χ0v) is 10.9. The van der Waals surface area contributed by atoms with E-state index in [1.54, 1.807) is 26.0 Å².